The van der Waals surface area contributed by atoms with Crippen LogP contribution in [0.3, 0.4) is 0 Å². The topological polar surface area (TPSA) is 58.1 Å². The predicted octanol–water partition coefficient (Wildman–Crippen LogP) is 3.48. The largest absolute Gasteiger partial charge is 0.348 e. The van der Waals surface area contributed by atoms with Crippen molar-refractivity contribution in [1.82, 2.24) is 15.3 Å². The van der Waals surface area contributed by atoms with Crippen LogP contribution in [0, 0.1) is 6.92 Å². The molecule has 0 aliphatic heterocycles. The molecule has 0 fully saturated rings. The number of carbonyl (C=O) groups excluding carboxylic acids is 1. The highest BCUT2D eigenvalue weighted by Crippen LogP contribution is 2.18. The number of nitrogens with zero attached hydrogens (tertiary/aromatic N) is 3. The molecule has 3 rings (SSSR count). The number of para-hydroxylation sites is 1. The van der Waals surface area contributed by atoms with Crippen LogP contribution in [0.4, 0.5) is 11.6 Å². The molecule has 0 saturated carbocycles. The normalized spacial score (nSPS) is 10.3. The summed E-state index contributed by atoms with van der Waals surface area (Å²) in [5, 5.41) is 2.90. The number of aromatic nitrogens is 2. The van der Waals surface area contributed by atoms with E-state index < -0.39 is 0 Å². The van der Waals surface area contributed by atoms with Gasteiger partial charge in [-0.25, -0.2) is 9.97 Å². The second kappa shape index (κ2) is 7.57. The molecule has 3 aromatic rings. The Bertz CT molecular complexity index is 847. The first kappa shape index (κ1) is 16.6. The van der Waals surface area contributed by atoms with Gasteiger partial charge in [0.05, 0.1) is 5.56 Å². The second-order valence-electron chi connectivity index (χ2n) is 5.78. The Morgan fingerprint density at radius 3 is 2.32 bits per heavy atom. The zero-order valence-corrected chi connectivity index (χ0v) is 14.3. The number of rotatable bonds is 5. The zero-order chi connectivity index (χ0) is 17.6. The molecule has 1 amide bonds. The Labute approximate surface area is 147 Å². The van der Waals surface area contributed by atoms with Gasteiger partial charge in [0.25, 0.3) is 5.91 Å². The van der Waals surface area contributed by atoms with Crippen molar-refractivity contribution in [3.8, 4) is 0 Å². The summed E-state index contributed by atoms with van der Waals surface area (Å²) in [6, 6.07) is 17.8. The van der Waals surface area contributed by atoms with Crippen molar-refractivity contribution in [3.05, 3.63) is 83.7 Å². The van der Waals surface area contributed by atoms with Crippen molar-refractivity contribution in [2.45, 2.75) is 13.5 Å². The average molecular weight is 332 g/mol. The smallest absolute Gasteiger partial charge is 0.254 e. The fourth-order valence-electron chi connectivity index (χ4n) is 2.46. The van der Waals surface area contributed by atoms with Gasteiger partial charge in [0.15, 0.2) is 0 Å². The first-order valence-corrected chi connectivity index (χ1v) is 8.08. The summed E-state index contributed by atoms with van der Waals surface area (Å²) in [7, 11) is 1.89. The number of nitrogens with one attached hydrogen (secondary N) is 1. The van der Waals surface area contributed by atoms with Gasteiger partial charge in [-0.3, -0.25) is 4.79 Å². The van der Waals surface area contributed by atoms with E-state index in [0.29, 0.717) is 18.1 Å². The molecule has 1 N–H and O–H groups in total. The number of aryl methyl sites for hydroxylation is 1. The maximum atomic E-state index is 12.3. The van der Waals surface area contributed by atoms with E-state index in [4.69, 9.17) is 0 Å². The van der Waals surface area contributed by atoms with Gasteiger partial charge in [0.2, 0.25) is 5.95 Å². The number of hydrogen-bond donors (Lipinski definition) is 1. The summed E-state index contributed by atoms with van der Waals surface area (Å²) in [6.07, 6.45) is 3.10. The van der Waals surface area contributed by atoms with Crippen LogP contribution in [0.25, 0.3) is 0 Å². The van der Waals surface area contributed by atoms with E-state index >= 15 is 0 Å². The van der Waals surface area contributed by atoms with E-state index in [9.17, 15) is 4.79 Å². The van der Waals surface area contributed by atoms with Crippen LogP contribution in [-0.2, 0) is 6.54 Å². The maximum Gasteiger partial charge on any atom is 0.254 e. The summed E-state index contributed by atoms with van der Waals surface area (Å²) in [4.78, 5) is 22.8. The van der Waals surface area contributed by atoms with Gasteiger partial charge in [-0.05, 0) is 30.2 Å². The van der Waals surface area contributed by atoms with Crippen LogP contribution < -0.4 is 10.2 Å². The highest BCUT2D eigenvalue weighted by molar-refractivity contribution is 5.93. The number of carbonyl (C=O) groups is 1. The highest BCUT2D eigenvalue weighted by atomic mass is 16.1. The molecule has 0 bridgehead atoms. The van der Waals surface area contributed by atoms with Crippen molar-refractivity contribution in [2.24, 2.45) is 0 Å². The fraction of sp³-hybridized carbons (Fsp3) is 0.150. The quantitative estimate of drug-likeness (QED) is 0.777. The van der Waals surface area contributed by atoms with Crippen molar-refractivity contribution in [3.63, 3.8) is 0 Å². The molecule has 1 heterocycles. The molecule has 0 unspecified atom stereocenters. The van der Waals surface area contributed by atoms with Crippen molar-refractivity contribution in [2.75, 3.05) is 11.9 Å². The van der Waals surface area contributed by atoms with E-state index in [1.165, 1.54) is 0 Å². The van der Waals surface area contributed by atoms with Crippen LogP contribution in [0.15, 0.2) is 67.0 Å². The van der Waals surface area contributed by atoms with E-state index in [1.807, 2.05) is 73.5 Å². The molecule has 0 aliphatic carbocycles. The van der Waals surface area contributed by atoms with E-state index in [1.54, 1.807) is 12.4 Å². The summed E-state index contributed by atoms with van der Waals surface area (Å²) in [5.41, 5.74) is 3.68. The second-order valence-corrected chi connectivity index (χ2v) is 5.78. The molecule has 0 radical (unpaired) electrons. The lowest BCUT2D eigenvalue weighted by Gasteiger charge is -2.16. The Morgan fingerprint density at radius 2 is 1.64 bits per heavy atom. The zero-order valence-electron chi connectivity index (χ0n) is 14.3. The third-order valence-electron chi connectivity index (χ3n) is 4.04. The Balaban J connectivity index is 1.65. The molecule has 0 spiro atoms. The van der Waals surface area contributed by atoms with Crippen LogP contribution in [0.2, 0.25) is 0 Å². The first-order chi connectivity index (χ1) is 12.1. The van der Waals surface area contributed by atoms with Gasteiger partial charge in [0.1, 0.15) is 0 Å². The Kier molecular flexibility index (Phi) is 5.04. The van der Waals surface area contributed by atoms with Gasteiger partial charge in [0, 0.05) is 31.7 Å². The molecule has 2 aromatic carbocycles. The molecule has 1 aromatic heterocycles. The number of anilines is 2. The number of benzene rings is 2. The number of amides is 1. The lowest BCUT2D eigenvalue weighted by Crippen LogP contribution is -2.24. The SMILES string of the molecule is Cc1ccccc1CNC(=O)c1cnc(N(C)c2ccccc2)nc1. The highest BCUT2D eigenvalue weighted by Gasteiger charge is 2.10. The molecular weight excluding hydrogens is 312 g/mol. The van der Waals surface area contributed by atoms with Crippen LogP contribution in [0.5, 0.6) is 0 Å². The van der Waals surface area contributed by atoms with Gasteiger partial charge < -0.3 is 10.2 Å². The van der Waals surface area contributed by atoms with E-state index in [-0.39, 0.29) is 5.91 Å². The van der Waals surface area contributed by atoms with Crippen LogP contribution in [-0.4, -0.2) is 22.9 Å². The predicted molar refractivity (Wildman–Crippen MR) is 98.9 cm³/mol. The van der Waals surface area contributed by atoms with Crippen molar-refractivity contribution >= 4 is 17.5 Å². The monoisotopic (exact) mass is 332 g/mol. The molecule has 0 aliphatic rings. The summed E-state index contributed by atoms with van der Waals surface area (Å²) >= 11 is 0. The minimum Gasteiger partial charge on any atom is -0.348 e. The third kappa shape index (κ3) is 4.01. The molecule has 0 atom stereocenters. The van der Waals surface area contributed by atoms with Gasteiger partial charge in [-0.2, -0.15) is 0 Å². The minimum absolute atomic E-state index is 0.183. The molecular formula is C20H20N4O. The van der Waals surface area contributed by atoms with E-state index in [2.05, 4.69) is 15.3 Å². The van der Waals surface area contributed by atoms with Crippen LogP contribution >= 0.6 is 0 Å². The van der Waals surface area contributed by atoms with Crippen molar-refractivity contribution in [1.29, 1.82) is 0 Å². The molecule has 5 nitrogen and oxygen atoms in total. The fourth-order valence-corrected chi connectivity index (χ4v) is 2.46. The first-order valence-electron chi connectivity index (χ1n) is 8.08. The maximum absolute atomic E-state index is 12.3. The molecule has 25 heavy (non-hydrogen) atoms. The Hall–Kier alpha value is -3.21. The molecule has 0 saturated heterocycles. The average Bonchev–Trinajstić information content (AvgIpc) is 2.67. The standard InChI is InChI=1S/C20H20N4O/c1-15-8-6-7-9-16(15)12-21-19(25)17-13-22-20(23-14-17)24(2)18-10-4-3-5-11-18/h3-11,13-14H,12H2,1-2H3,(H,21,25). The third-order valence-corrected chi connectivity index (χ3v) is 4.04. The summed E-state index contributed by atoms with van der Waals surface area (Å²) in [6.45, 7) is 2.51. The lowest BCUT2D eigenvalue weighted by atomic mass is 10.1. The minimum atomic E-state index is -0.183. The van der Waals surface area contributed by atoms with Gasteiger partial charge in [-0.15, -0.1) is 0 Å². The number of hydrogen-bond acceptors (Lipinski definition) is 4. The van der Waals surface area contributed by atoms with Gasteiger partial charge in [-0.1, -0.05) is 42.5 Å². The van der Waals surface area contributed by atoms with Crippen LogP contribution in [0.1, 0.15) is 21.5 Å². The van der Waals surface area contributed by atoms with Gasteiger partial charge >= 0.3 is 0 Å². The summed E-state index contributed by atoms with van der Waals surface area (Å²) < 4.78 is 0. The summed E-state index contributed by atoms with van der Waals surface area (Å²) in [5.74, 6) is 0.360. The Morgan fingerprint density at radius 1 is 1.00 bits per heavy atom. The lowest BCUT2D eigenvalue weighted by molar-refractivity contribution is 0.0950. The van der Waals surface area contributed by atoms with E-state index in [0.717, 1.165) is 16.8 Å². The molecule has 5 heteroatoms. The van der Waals surface area contributed by atoms with Crippen molar-refractivity contribution < 1.29 is 4.79 Å². The molecule has 126 valence electrons.